The molecule has 26 heavy (non-hydrogen) atoms. The highest BCUT2D eigenvalue weighted by Gasteiger charge is 2.40. The maximum Gasteiger partial charge on any atom is 0.341 e. The number of alkyl halides is 1. The van der Waals surface area contributed by atoms with Crippen LogP contribution in [-0.4, -0.2) is 64.9 Å². The van der Waals surface area contributed by atoms with Crippen LogP contribution in [0.15, 0.2) is 17.1 Å². The Morgan fingerprint density at radius 3 is 2.54 bits per heavy atom. The third kappa shape index (κ3) is 2.72. The highest BCUT2D eigenvalue weighted by molar-refractivity contribution is 5.92. The van der Waals surface area contributed by atoms with Crippen LogP contribution in [0, 0.1) is 5.82 Å². The molecule has 0 bridgehead atoms. The van der Waals surface area contributed by atoms with Gasteiger partial charge >= 0.3 is 5.97 Å². The molecule has 2 atom stereocenters. The zero-order valence-corrected chi connectivity index (χ0v) is 14.2. The number of pyridine rings is 2. The van der Waals surface area contributed by atoms with E-state index in [0.29, 0.717) is 13.1 Å². The average molecular weight is 364 g/mol. The smallest absolute Gasteiger partial charge is 0.341 e. The molecule has 0 amide bonds. The summed E-state index contributed by atoms with van der Waals surface area (Å²) in [6.07, 6.45) is 0.219. The van der Waals surface area contributed by atoms with Crippen LogP contribution < -0.4 is 10.3 Å². The monoisotopic (exact) mass is 364 g/mol. The van der Waals surface area contributed by atoms with Crippen LogP contribution in [0.25, 0.3) is 11.0 Å². The average Bonchev–Trinajstić information content (AvgIpc) is 3.32. The fourth-order valence-corrected chi connectivity index (χ4v) is 3.32. The van der Waals surface area contributed by atoms with Gasteiger partial charge in [0.15, 0.2) is 11.6 Å². The normalized spacial score (nSPS) is 23.4. The topological polar surface area (TPSA) is 78.7 Å². The van der Waals surface area contributed by atoms with Crippen molar-refractivity contribution in [1.82, 2.24) is 14.5 Å². The molecule has 1 saturated carbocycles. The molecule has 0 radical (unpaired) electrons. The van der Waals surface area contributed by atoms with Gasteiger partial charge < -0.3 is 19.5 Å². The Morgan fingerprint density at radius 1 is 1.31 bits per heavy atom. The van der Waals surface area contributed by atoms with Crippen molar-refractivity contribution in [2.75, 3.05) is 38.1 Å². The minimum absolute atomic E-state index is 0.109. The maximum absolute atomic E-state index is 14.7. The van der Waals surface area contributed by atoms with Crippen LogP contribution in [-0.2, 0) is 0 Å². The van der Waals surface area contributed by atoms with Crippen LogP contribution >= 0.6 is 0 Å². The Balaban J connectivity index is 1.90. The lowest BCUT2D eigenvalue weighted by Crippen LogP contribution is -2.45. The Bertz CT molecular complexity index is 953. The summed E-state index contributed by atoms with van der Waals surface area (Å²) in [5.41, 5.74) is -1.19. The first-order valence-electron chi connectivity index (χ1n) is 8.43. The highest BCUT2D eigenvalue weighted by Crippen LogP contribution is 2.40. The summed E-state index contributed by atoms with van der Waals surface area (Å²) in [5, 5.41) is 9.10. The molecule has 2 fully saturated rings. The van der Waals surface area contributed by atoms with Crippen molar-refractivity contribution < 1.29 is 18.7 Å². The van der Waals surface area contributed by atoms with Crippen LogP contribution in [0.1, 0.15) is 22.8 Å². The minimum Gasteiger partial charge on any atom is -0.477 e. The van der Waals surface area contributed by atoms with E-state index in [2.05, 4.69) is 9.88 Å². The fourth-order valence-electron chi connectivity index (χ4n) is 3.32. The summed E-state index contributed by atoms with van der Waals surface area (Å²) in [5.74, 6) is -2.00. The summed E-state index contributed by atoms with van der Waals surface area (Å²) in [6, 6.07) is 0.450. The Labute approximate surface area is 147 Å². The molecular formula is C17H18F2N4O3. The van der Waals surface area contributed by atoms with Gasteiger partial charge in [0.05, 0.1) is 11.4 Å². The molecule has 1 aliphatic heterocycles. The largest absolute Gasteiger partial charge is 0.477 e. The van der Waals surface area contributed by atoms with Gasteiger partial charge in [-0.1, -0.05) is 0 Å². The highest BCUT2D eigenvalue weighted by atomic mass is 19.1. The van der Waals surface area contributed by atoms with Crippen molar-refractivity contribution >= 4 is 22.8 Å². The SMILES string of the molecule is CN1CCN(c2nc3c(cc2F)c(=O)c(C(=O)O)cn3C2CC2F)CC1. The summed E-state index contributed by atoms with van der Waals surface area (Å²) >= 11 is 0. The number of aromatic nitrogens is 2. The van der Waals surface area contributed by atoms with Gasteiger partial charge in [-0.2, -0.15) is 0 Å². The molecule has 1 aliphatic carbocycles. The number of likely N-dealkylation sites (N-methyl/N-ethyl adjacent to an activating group) is 1. The summed E-state index contributed by atoms with van der Waals surface area (Å²) in [4.78, 5) is 32.0. The number of nitrogens with zero attached hydrogens (tertiary/aromatic N) is 4. The number of hydrogen-bond donors (Lipinski definition) is 1. The van der Waals surface area contributed by atoms with E-state index in [1.807, 2.05) is 7.05 Å². The molecule has 1 saturated heterocycles. The first-order valence-corrected chi connectivity index (χ1v) is 8.43. The number of piperazine rings is 1. The van der Waals surface area contributed by atoms with Crippen molar-refractivity contribution in [1.29, 1.82) is 0 Å². The Hall–Kier alpha value is -2.55. The lowest BCUT2D eigenvalue weighted by molar-refractivity contribution is 0.0694. The molecule has 2 aliphatic rings. The first-order chi connectivity index (χ1) is 12.4. The molecule has 0 aromatic carbocycles. The number of aromatic carboxylic acids is 1. The number of carboxylic acids is 1. The van der Waals surface area contributed by atoms with Crippen LogP contribution in [0.4, 0.5) is 14.6 Å². The minimum atomic E-state index is -1.43. The van der Waals surface area contributed by atoms with Gasteiger partial charge in [0.25, 0.3) is 0 Å². The van der Waals surface area contributed by atoms with Gasteiger partial charge in [0.1, 0.15) is 17.4 Å². The van der Waals surface area contributed by atoms with Gasteiger partial charge in [-0.3, -0.25) is 4.79 Å². The predicted octanol–water partition coefficient (Wildman–Crippen LogP) is 1.27. The molecule has 0 spiro atoms. The second kappa shape index (κ2) is 6.01. The molecule has 1 N–H and O–H groups in total. The molecular weight excluding hydrogens is 346 g/mol. The molecule has 2 unspecified atom stereocenters. The number of hydrogen-bond acceptors (Lipinski definition) is 5. The van der Waals surface area contributed by atoms with Crippen molar-refractivity contribution in [3.05, 3.63) is 33.9 Å². The van der Waals surface area contributed by atoms with Gasteiger partial charge in [-0.15, -0.1) is 0 Å². The van der Waals surface area contributed by atoms with Gasteiger partial charge in [-0.05, 0) is 13.1 Å². The van der Waals surface area contributed by atoms with Crippen LogP contribution in [0.5, 0.6) is 0 Å². The Morgan fingerprint density at radius 2 is 1.96 bits per heavy atom. The number of halogens is 2. The molecule has 2 aromatic rings. The quantitative estimate of drug-likeness (QED) is 0.884. The van der Waals surface area contributed by atoms with Gasteiger partial charge in [0, 0.05) is 38.8 Å². The summed E-state index contributed by atoms with van der Waals surface area (Å²) in [6.45, 7) is 2.66. The zero-order valence-electron chi connectivity index (χ0n) is 14.2. The standard InChI is InChI=1S/C17H18F2N4O3/c1-21-2-4-22(5-3-21)16-12(19)6-9-14(24)10(17(25)26)8-23(15(9)20-16)13-7-11(13)18/h6,8,11,13H,2-5,7H2,1H3,(H,25,26). The van der Waals surface area contributed by atoms with E-state index < -0.39 is 35.0 Å². The van der Waals surface area contributed by atoms with E-state index in [4.69, 9.17) is 0 Å². The lowest BCUT2D eigenvalue weighted by Gasteiger charge is -2.33. The second-order valence-electron chi connectivity index (χ2n) is 6.86. The van der Waals surface area contributed by atoms with Gasteiger partial charge in [0.2, 0.25) is 5.43 Å². The second-order valence-corrected chi connectivity index (χ2v) is 6.86. The van der Waals surface area contributed by atoms with E-state index >= 15 is 0 Å². The molecule has 2 aromatic heterocycles. The zero-order chi connectivity index (χ0) is 18.6. The first kappa shape index (κ1) is 16.9. The van der Waals surface area contributed by atoms with E-state index in [1.54, 1.807) is 4.90 Å². The number of carboxylic acid groups (broad SMARTS) is 1. The number of rotatable bonds is 3. The molecule has 4 rings (SSSR count). The van der Waals surface area contributed by atoms with E-state index in [9.17, 15) is 23.5 Å². The molecule has 7 nitrogen and oxygen atoms in total. The Kier molecular flexibility index (Phi) is 3.91. The number of fused-ring (bicyclic) bond motifs is 1. The fraction of sp³-hybridized carbons (Fsp3) is 0.471. The summed E-state index contributed by atoms with van der Waals surface area (Å²) < 4.78 is 29.7. The van der Waals surface area contributed by atoms with E-state index in [-0.39, 0.29) is 23.3 Å². The third-order valence-electron chi connectivity index (χ3n) is 5.01. The van der Waals surface area contributed by atoms with E-state index in [1.165, 1.54) is 4.57 Å². The van der Waals surface area contributed by atoms with Crippen LogP contribution in [0.3, 0.4) is 0 Å². The molecule has 9 heteroatoms. The predicted molar refractivity (Wildman–Crippen MR) is 91.2 cm³/mol. The number of anilines is 1. The lowest BCUT2D eigenvalue weighted by atomic mass is 10.1. The van der Waals surface area contributed by atoms with Gasteiger partial charge in [-0.25, -0.2) is 18.6 Å². The van der Waals surface area contributed by atoms with Crippen molar-refractivity contribution in [3.63, 3.8) is 0 Å². The summed E-state index contributed by atoms with van der Waals surface area (Å²) in [7, 11) is 1.97. The van der Waals surface area contributed by atoms with Crippen LogP contribution in [0.2, 0.25) is 0 Å². The molecule has 138 valence electrons. The molecule has 3 heterocycles. The van der Waals surface area contributed by atoms with Crippen molar-refractivity contribution in [2.24, 2.45) is 0 Å². The number of carbonyl (C=O) groups is 1. The maximum atomic E-state index is 14.7. The van der Waals surface area contributed by atoms with Crippen molar-refractivity contribution in [2.45, 2.75) is 18.6 Å². The van der Waals surface area contributed by atoms with Crippen molar-refractivity contribution in [3.8, 4) is 0 Å². The third-order valence-corrected chi connectivity index (χ3v) is 5.01. The van der Waals surface area contributed by atoms with E-state index in [0.717, 1.165) is 25.4 Å².